The monoisotopic (exact) mass is 353 g/mol. The maximum atomic E-state index is 13.6. The fraction of sp³-hybridized carbons (Fsp3) is 0.0667. The number of carbonyl (C=O) groups excluding carboxylic acids is 1. The van der Waals surface area contributed by atoms with Gasteiger partial charge in [0.1, 0.15) is 17.4 Å². The second-order valence-corrected chi connectivity index (χ2v) is 6.56. The van der Waals surface area contributed by atoms with Crippen LogP contribution in [0.4, 0.5) is 4.39 Å². The first-order chi connectivity index (χ1) is 10.6. The first-order valence-corrected chi connectivity index (χ1v) is 8.37. The van der Waals surface area contributed by atoms with Crippen LogP contribution in [-0.2, 0) is 11.3 Å². The van der Waals surface area contributed by atoms with Crippen LogP contribution in [0.25, 0.3) is 9.88 Å². The minimum absolute atomic E-state index is 0.00728. The first kappa shape index (κ1) is 15.1. The Bertz CT molecular complexity index is 802. The van der Waals surface area contributed by atoms with Crippen molar-refractivity contribution in [3.63, 3.8) is 0 Å². The Kier molecular flexibility index (Phi) is 4.52. The van der Waals surface area contributed by atoms with Gasteiger partial charge in [0.2, 0.25) is 0 Å². The molecule has 0 bridgehead atoms. The van der Waals surface area contributed by atoms with Crippen molar-refractivity contribution in [1.29, 1.82) is 0 Å². The predicted molar refractivity (Wildman–Crippen MR) is 86.0 cm³/mol. The lowest BCUT2D eigenvalue weighted by atomic mass is 10.2. The van der Waals surface area contributed by atoms with Gasteiger partial charge >= 0.3 is 5.97 Å². The predicted octanol–water partition coefficient (Wildman–Crippen LogP) is 5.02. The number of halogens is 2. The summed E-state index contributed by atoms with van der Waals surface area (Å²) < 4.78 is 18.7. The molecular formula is C15H9ClFNO2S2. The van der Waals surface area contributed by atoms with Crippen LogP contribution < -0.4 is 0 Å². The van der Waals surface area contributed by atoms with E-state index in [1.165, 1.54) is 23.5 Å². The molecule has 0 N–H and O–H groups in total. The molecule has 0 aliphatic heterocycles. The van der Waals surface area contributed by atoms with Crippen LogP contribution in [0.1, 0.15) is 16.1 Å². The van der Waals surface area contributed by atoms with Crippen molar-refractivity contribution < 1.29 is 13.9 Å². The molecule has 7 heteroatoms. The lowest BCUT2D eigenvalue weighted by molar-refractivity contribution is 0.0463. The van der Waals surface area contributed by atoms with Gasteiger partial charge in [-0.05, 0) is 29.6 Å². The molecule has 3 aromatic rings. The highest BCUT2D eigenvalue weighted by molar-refractivity contribution is 7.20. The van der Waals surface area contributed by atoms with Gasteiger partial charge < -0.3 is 4.74 Å². The fourth-order valence-electron chi connectivity index (χ4n) is 1.76. The third-order valence-corrected chi connectivity index (χ3v) is 4.95. The van der Waals surface area contributed by atoms with Crippen LogP contribution in [0.3, 0.4) is 0 Å². The van der Waals surface area contributed by atoms with Crippen LogP contribution in [-0.4, -0.2) is 11.0 Å². The van der Waals surface area contributed by atoms with Crippen LogP contribution in [0.2, 0.25) is 5.02 Å². The number of carbonyl (C=O) groups is 1. The van der Waals surface area contributed by atoms with Gasteiger partial charge in [0.15, 0.2) is 0 Å². The van der Waals surface area contributed by atoms with E-state index in [4.69, 9.17) is 16.3 Å². The lowest BCUT2D eigenvalue weighted by Gasteiger charge is -2.04. The summed E-state index contributed by atoms with van der Waals surface area (Å²) in [7, 11) is 0. The number of esters is 1. The zero-order valence-electron chi connectivity index (χ0n) is 11.1. The summed E-state index contributed by atoms with van der Waals surface area (Å²) in [4.78, 5) is 17.3. The molecule has 0 unspecified atom stereocenters. The summed E-state index contributed by atoms with van der Waals surface area (Å²) in [5, 5.41) is 4.94. The Balaban J connectivity index is 1.67. The van der Waals surface area contributed by atoms with Crippen LogP contribution in [0.15, 0.2) is 41.1 Å². The molecule has 0 fully saturated rings. The topological polar surface area (TPSA) is 39.2 Å². The van der Waals surface area contributed by atoms with Crippen LogP contribution >= 0.6 is 34.3 Å². The van der Waals surface area contributed by atoms with E-state index in [0.717, 1.165) is 16.0 Å². The highest BCUT2D eigenvalue weighted by Gasteiger charge is 2.15. The number of hydrogen-bond donors (Lipinski definition) is 0. The van der Waals surface area contributed by atoms with Crippen molar-refractivity contribution in [2.75, 3.05) is 0 Å². The molecule has 2 heterocycles. The van der Waals surface area contributed by atoms with Crippen molar-refractivity contribution in [2.24, 2.45) is 0 Å². The first-order valence-electron chi connectivity index (χ1n) is 6.24. The van der Waals surface area contributed by atoms with Crippen molar-refractivity contribution in [2.45, 2.75) is 6.61 Å². The number of aromatic nitrogens is 1. The molecule has 0 aliphatic carbocycles. The molecule has 0 atom stereocenters. The van der Waals surface area contributed by atoms with Gasteiger partial charge in [0, 0.05) is 10.4 Å². The van der Waals surface area contributed by atoms with Gasteiger partial charge in [-0.25, -0.2) is 14.2 Å². The highest BCUT2D eigenvalue weighted by atomic mass is 35.5. The largest absolute Gasteiger partial charge is 0.455 e. The van der Waals surface area contributed by atoms with Crippen LogP contribution in [0, 0.1) is 5.82 Å². The summed E-state index contributed by atoms with van der Waals surface area (Å²) in [5.41, 5.74) is 0.449. The molecule has 3 rings (SSSR count). The third-order valence-electron chi connectivity index (χ3n) is 2.78. The second kappa shape index (κ2) is 6.56. The Labute approximate surface area is 139 Å². The quantitative estimate of drug-likeness (QED) is 0.618. The van der Waals surface area contributed by atoms with E-state index < -0.39 is 11.8 Å². The molecule has 0 saturated carbocycles. The molecule has 2 aromatic heterocycles. The average Bonchev–Trinajstić information content (AvgIpc) is 3.17. The minimum atomic E-state index is -0.759. The molecule has 0 radical (unpaired) electrons. The number of nitrogens with zero attached hydrogens (tertiary/aromatic N) is 1. The summed E-state index contributed by atoms with van der Waals surface area (Å²) >= 11 is 8.82. The van der Waals surface area contributed by atoms with E-state index in [-0.39, 0.29) is 17.2 Å². The lowest BCUT2D eigenvalue weighted by Crippen LogP contribution is -2.07. The molecule has 0 aliphatic rings. The molecule has 1 aromatic carbocycles. The normalized spacial score (nSPS) is 10.6. The molecule has 22 heavy (non-hydrogen) atoms. The Morgan fingerprint density at radius 2 is 2.18 bits per heavy atom. The van der Waals surface area contributed by atoms with E-state index in [1.807, 2.05) is 22.9 Å². The fourth-order valence-corrected chi connectivity index (χ4v) is 3.55. The summed E-state index contributed by atoms with van der Waals surface area (Å²) in [6.07, 6.45) is 0. The zero-order chi connectivity index (χ0) is 15.5. The van der Waals surface area contributed by atoms with E-state index in [0.29, 0.717) is 5.69 Å². The Morgan fingerprint density at radius 3 is 2.95 bits per heavy atom. The van der Waals surface area contributed by atoms with E-state index >= 15 is 0 Å². The summed E-state index contributed by atoms with van der Waals surface area (Å²) in [6, 6.07) is 7.68. The zero-order valence-corrected chi connectivity index (χ0v) is 13.5. The van der Waals surface area contributed by atoms with Crippen LogP contribution in [0.5, 0.6) is 0 Å². The minimum Gasteiger partial charge on any atom is -0.455 e. The molecule has 0 spiro atoms. The SMILES string of the molecule is O=C(OCc1csc(-c2cccs2)n1)c1cc(Cl)ccc1F. The number of ether oxygens (including phenoxy) is 1. The maximum Gasteiger partial charge on any atom is 0.341 e. The van der Waals surface area contributed by atoms with Gasteiger partial charge in [-0.15, -0.1) is 22.7 Å². The molecular weight excluding hydrogens is 345 g/mol. The van der Waals surface area contributed by atoms with Crippen molar-refractivity contribution in [1.82, 2.24) is 4.98 Å². The van der Waals surface area contributed by atoms with Crippen molar-refractivity contribution in [3.05, 3.63) is 63.2 Å². The number of hydrogen-bond acceptors (Lipinski definition) is 5. The number of thiazole rings is 1. The van der Waals surface area contributed by atoms with Crippen molar-refractivity contribution in [3.8, 4) is 9.88 Å². The van der Waals surface area contributed by atoms with E-state index in [2.05, 4.69) is 4.98 Å². The standard InChI is InChI=1S/C15H9ClFNO2S2/c16-9-3-4-12(17)11(6-9)15(19)20-7-10-8-22-14(18-10)13-2-1-5-21-13/h1-6,8H,7H2. The van der Waals surface area contributed by atoms with Gasteiger partial charge in [0.05, 0.1) is 16.1 Å². The van der Waals surface area contributed by atoms with Crippen molar-refractivity contribution >= 4 is 40.2 Å². The van der Waals surface area contributed by atoms with Gasteiger partial charge in [-0.2, -0.15) is 0 Å². The second-order valence-electron chi connectivity index (χ2n) is 4.32. The summed E-state index contributed by atoms with van der Waals surface area (Å²) in [6.45, 7) is -0.00728. The third kappa shape index (κ3) is 3.35. The molecule has 0 saturated heterocycles. The van der Waals surface area contributed by atoms with Gasteiger partial charge in [-0.3, -0.25) is 0 Å². The Morgan fingerprint density at radius 1 is 1.32 bits per heavy atom. The van der Waals surface area contributed by atoms with Gasteiger partial charge in [0.25, 0.3) is 0 Å². The molecule has 112 valence electrons. The Hall–Kier alpha value is -1.76. The molecule has 0 amide bonds. The number of benzene rings is 1. The van der Waals surface area contributed by atoms with Gasteiger partial charge in [-0.1, -0.05) is 17.7 Å². The maximum absolute atomic E-state index is 13.6. The van der Waals surface area contributed by atoms with E-state index in [9.17, 15) is 9.18 Å². The smallest absolute Gasteiger partial charge is 0.341 e. The number of thiophene rings is 1. The highest BCUT2D eigenvalue weighted by Crippen LogP contribution is 2.28. The molecule has 3 nitrogen and oxygen atoms in total. The summed E-state index contributed by atoms with van der Waals surface area (Å²) in [5.74, 6) is -1.42. The number of rotatable bonds is 4. The van der Waals surface area contributed by atoms with E-state index in [1.54, 1.807) is 11.3 Å². The average molecular weight is 354 g/mol.